The molecule has 0 saturated carbocycles. The van der Waals surface area contributed by atoms with E-state index in [1.807, 2.05) is 12.1 Å². The number of hydrogen-bond acceptors (Lipinski definition) is 3. The molecule has 0 fully saturated rings. The summed E-state index contributed by atoms with van der Waals surface area (Å²) >= 11 is 0. The van der Waals surface area contributed by atoms with Gasteiger partial charge in [-0.25, -0.2) is 4.79 Å². The number of benzene rings is 2. The number of amides is 2. The number of rotatable bonds is 4. The molecule has 0 aromatic heterocycles. The van der Waals surface area contributed by atoms with Gasteiger partial charge in [-0.05, 0) is 55.3 Å². The molecule has 1 aliphatic heterocycles. The fraction of sp³-hybridized carbons (Fsp3) is 0.350. The van der Waals surface area contributed by atoms with Gasteiger partial charge in [0.15, 0.2) is 0 Å². The average molecular weight is 394 g/mol. The summed E-state index contributed by atoms with van der Waals surface area (Å²) < 4.78 is 50.9. The number of fused-ring (bicyclic) bond motifs is 1. The van der Waals surface area contributed by atoms with Crippen LogP contribution in [-0.2, 0) is 19.3 Å². The maximum atomic E-state index is 13.5. The Morgan fingerprint density at radius 3 is 2.39 bits per heavy atom. The van der Waals surface area contributed by atoms with E-state index in [4.69, 9.17) is 9.47 Å². The number of urea groups is 1. The summed E-state index contributed by atoms with van der Waals surface area (Å²) in [6.07, 6.45) is -4.89. The van der Waals surface area contributed by atoms with Gasteiger partial charge >= 0.3 is 12.2 Å². The van der Waals surface area contributed by atoms with E-state index in [9.17, 15) is 18.0 Å². The number of alkyl halides is 3. The lowest BCUT2D eigenvalue weighted by Gasteiger charge is -2.20. The SMILES string of the molecule is COc1ccc2c(c1)CN(C(=O)Nc1ccc(OC(C)C)cc1C(F)(F)F)C2. The number of nitrogens with zero attached hydrogens (tertiary/aromatic N) is 1. The minimum absolute atomic E-state index is 0.0981. The first kappa shape index (κ1) is 19.9. The summed E-state index contributed by atoms with van der Waals surface area (Å²) in [5, 5.41) is 2.38. The van der Waals surface area contributed by atoms with Gasteiger partial charge in [0.05, 0.1) is 24.5 Å². The normalized spacial score (nSPS) is 13.5. The van der Waals surface area contributed by atoms with Crippen LogP contribution in [-0.4, -0.2) is 24.1 Å². The van der Waals surface area contributed by atoms with Crippen molar-refractivity contribution >= 4 is 11.7 Å². The second-order valence-electron chi connectivity index (χ2n) is 6.79. The number of ether oxygens (including phenoxy) is 2. The van der Waals surface area contributed by atoms with Gasteiger partial charge in [-0.1, -0.05) is 6.07 Å². The number of anilines is 1. The lowest BCUT2D eigenvalue weighted by molar-refractivity contribution is -0.137. The zero-order valence-electron chi connectivity index (χ0n) is 15.8. The number of nitrogens with one attached hydrogen (secondary N) is 1. The Morgan fingerprint density at radius 1 is 1.07 bits per heavy atom. The fourth-order valence-corrected chi connectivity index (χ4v) is 3.05. The van der Waals surface area contributed by atoms with E-state index >= 15 is 0 Å². The third-order valence-corrected chi connectivity index (χ3v) is 4.33. The van der Waals surface area contributed by atoms with E-state index < -0.39 is 17.8 Å². The summed E-state index contributed by atoms with van der Waals surface area (Å²) in [5.74, 6) is 0.766. The molecule has 0 radical (unpaired) electrons. The van der Waals surface area contributed by atoms with E-state index in [1.54, 1.807) is 27.0 Å². The van der Waals surface area contributed by atoms with Crippen LogP contribution in [0.2, 0.25) is 0 Å². The summed E-state index contributed by atoms with van der Waals surface area (Å²) in [4.78, 5) is 14.0. The molecule has 0 bridgehead atoms. The van der Waals surface area contributed by atoms with Crippen LogP contribution in [0.15, 0.2) is 36.4 Å². The molecule has 1 aliphatic rings. The van der Waals surface area contributed by atoms with Crippen molar-refractivity contribution in [2.75, 3.05) is 12.4 Å². The van der Waals surface area contributed by atoms with Crippen molar-refractivity contribution < 1.29 is 27.4 Å². The first-order valence-corrected chi connectivity index (χ1v) is 8.77. The highest BCUT2D eigenvalue weighted by molar-refractivity contribution is 5.90. The highest BCUT2D eigenvalue weighted by atomic mass is 19.4. The highest BCUT2D eigenvalue weighted by Crippen LogP contribution is 2.38. The molecule has 1 heterocycles. The Morgan fingerprint density at radius 2 is 1.75 bits per heavy atom. The molecule has 28 heavy (non-hydrogen) atoms. The molecule has 3 rings (SSSR count). The smallest absolute Gasteiger partial charge is 0.418 e. The maximum Gasteiger partial charge on any atom is 0.418 e. The molecule has 2 aromatic carbocycles. The minimum atomic E-state index is -4.62. The van der Waals surface area contributed by atoms with Crippen LogP contribution in [0.4, 0.5) is 23.7 Å². The van der Waals surface area contributed by atoms with Crippen LogP contribution in [0.25, 0.3) is 0 Å². The summed E-state index contributed by atoms with van der Waals surface area (Å²) in [6, 6.07) is 8.38. The van der Waals surface area contributed by atoms with Crippen LogP contribution < -0.4 is 14.8 Å². The number of hydrogen-bond donors (Lipinski definition) is 1. The van der Waals surface area contributed by atoms with E-state index in [-0.39, 0.29) is 17.5 Å². The molecule has 2 amide bonds. The van der Waals surface area contributed by atoms with Crippen molar-refractivity contribution in [1.82, 2.24) is 4.90 Å². The Hall–Kier alpha value is -2.90. The number of carbonyl (C=O) groups is 1. The van der Waals surface area contributed by atoms with Crippen molar-refractivity contribution in [3.8, 4) is 11.5 Å². The molecule has 0 spiro atoms. The van der Waals surface area contributed by atoms with Gasteiger partial charge in [0.2, 0.25) is 0 Å². The van der Waals surface area contributed by atoms with E-state index in [0.717, 1.165) is 17.2 Å². The summed E-state index contributed by atoms with van der Waals surface area (Å²) in [6.45, 7) is 4.07. The van der Waals surface area contributed by atoms with Gasteiger partial charge < -0.3 is 19.7 Å². The monoisotopic (exact) mass is 394 g/mol. The molecule has 0 aliphatic carbocycles. The molecule has 0 unspecified atom stereocenters. The Bertz CT molecular complexity index is 881. The molecule has 0 saturated heterocycles. The molecule has 150 valence electrons. The summed E-state index contributed by atoms with van der Waals surface area (Å²) in [7, 11) is 1.55. The predicted octanol–water partition coefficient (Wildman–Crippen LogP) is 5.05. The Kier molecular flexibility index (Phi) is 5.40. The molecular weight excluding hydrogens is 373 g/mol. The summed E-state index contributed by atoms with van der Waals surface area (Å²) in [5.41, 5.74) is 0.596. The minimum Gasteiger partial charge on any atom is -0.497 e. The fourth-order valence-electron chi connectivity index (χ4n) is 3.05. The van der Waals surface area contributed by atoms with E-state index in [0.29, 0.717) is 18.8 Å². The molecule has 2 aromatic rings. The van der Waals surface area contributed by atoms with Crippen LogP contribution in [0.5, 0.6) is 11.5 Å². The molecule has 8 heteroatoms. The van der Waals surface area contributed by atoms with Gasteiger partial charge in [-0.15, -0.1) is 0 Å². The number of methoxy groups -OCH3 is 1. The third kappa shape index (κ3) is 4.32. The van der Waals surface area contributed by atoms with Gasteiger partial charge in [-0.2, -0.15) is 13.2 Å². The van der Waals surface area contributed by atoms with Crippen LogP contribution in [0.3, 0.4) is 0 Å². The predicted molar refractivity (Wildman–Crippen MR) is 98.5 cm³/mol. The van der Waals surface area contributed by atoms with Crippen LogP contribution >= 0.6 is 0 Å². The van der Waals surface area contributed by atoms with Crippen molar-refractivity contribution in [3.05, 3.63) is 53.1 Å². The number of carbonyl (C=O) groups excluding carboxylic acids is 1. The lowest BCUT2D eigenvalue weighted by atomic mass is 10.1. The second kappa shape index (κ2) is 7.61. The van der Waals surface area contributed by atoms with Gasteiger partial charge in [0, 0.05) is 13.1 Å². The molecule has 5 nitrogen and oxygen atoms in total. The zero-order chi connectivity index (χ0) is 20.5. The standard InChI is InChI=1S/C20H21F3N2O3/c1-12(2)28-16-6-7-18(17(9-16)20(21,22)23)24-19(26)25-10-13-4-5-15(27-3)8-14(13)11-25/h4-9,12H,10-11H2,1-3H3,(H,24,26). The third-order valence-electron chi connectivity index (χ3n) is 4.33. The second-order valence-corrected chi connectivity index (χ2v) is 6.79. The topological polar surface area (TPSA) is 50.8 Å². The average Bonchev–Trinajstić information content (AvgIpc) is 3.04. The van der Waals surface area contributed by atoms with Crippen molar-refractivity contribution in [3.63, 3.8) is 0 Å². The van der Waals surface area contributed by atoms with Gasteiger partial charge in [-0.3, -0.25) is 0 Å². The maximum absolute atomic E-state index is 13.5. The highest BCUT2D eigenvalue weighted by Gasteiger charge is 2.35. The largest absolute Gasteiger partial charge is 0.497 e. The van der Waals surface area contributed by atoms with Gasteiger partial charge in [0.1, 0.15) is 11.5 Å². The van der Waals surface area contributed by atoms with Gasteiger partial charge in [0.25, 0.3) is 0 Å². The number of halogens is 3. The lowest BCUT2D eigenvalue weighted by Crippen LogP contribution is -2.31. The van der Waals surface area contributed by atoms with Crippen LogP contribution in [0.1, 0.15) is 30.5 Å². The molecule has 1 N–H and O–H groups in total. The van der Waals surface area contributed by atoms with Crippen molar-refractivity contribution in [2.24, 2.45) is 0 Å². The first-order chi connectivity index (χ1) is 13.2. The first-order valence-electron chi connectivity index (χ1n) is 8.77. The molecular formula is C20H21F3N2O3. The zero-order valence-corrected chi connectivity index (χ0v) is 15.8. The Balaban J connectivity index is 1.78. The van der Waals surface area contributed by atoms with Crippen LogP contribution in [0, 0.1) is 0 Å². The quantitative estimate of drug-likeness (QED) is 0.790. The van der Waals surface area contributed by atoms with Crippen molar-refractivity contribution in [2.45, 2.75) is 39.2 Å². The Labute approximate surface area is 161 Å². The molecule has 0 atom stereocenters. The van der Waals surface area contributed by atoms with E-state index in [1.165, 1.54) is 17.0 Å². The van der Waals surface area contributed by atoms with Crippen molar-refractivity contribution in [1.29, 1.82) is 0 Å². The van der Waals surface area contributed by atoms with E-state index in [2.05, 4.69) is 5.32 Å².